The molecular formula is C23H46IN5O3. The normalized spacial score (nSPS) is 16.1. The number of nitrogens with zero attached hydrogens (tertiary/aromatic N) is 3. The van der Waals surface area contributed by atoms with Crippen molar-refractivity contribution in [1.82, 2.24) is 20.4 Å². The maximum Gasteiger partial charge on any atom is 0.410 e. The standard InChI is InChI=1S/C23H45N5O3.HI/c1-8-18(4)26-20(29)11-14-25-21(24-9-2)28-15-12-19(13-16-28)17-27(10-3)22(30)31-23(5,6)7;/h18-19H,8-17H2,1-7H3,(H,24,25)(H,26,29);1H. The Hall–Kier alpha value is -1.26. The van der Waals surface area contributed by atoms with E-state index in [2.05, 4.69) is 34.4 Å². The van der Waals surface area contributed by atoms with Gasteiger partial charge in [-0.1, -0.05) is 6.92 Å². The monoisotopic (exact) mass is 567 g/mol. The summed E-state index contributed by atoms with van der Waals surface area (Å²) in [6, 6.07) is 0.201. The van der Waals surface area contributed by atoms with E-state index >= 15 is 0 Å². The fourth-order valence-corrected chi connectivity index (χ4v) is 3.44. The van der Waals surface area contributed by atoms with Crippen molar-refractivity contribution in [3.8, 4) is 0 Å². The Morgan fingerprint density at radius 1 is 1.19 bits per heavy atom. The average Bonchev–Trinajstić information content (AvgIpc) is 2.70. The molecule has 0 aliphatic carbocycles. The lowest BCUT2D eigenvalue weighted by atomic mass is 9.96. The molecule has 8 nitrogen and oxygen atoms in total. The second-order valence-corrected chi connectivity index (χ2v) is 9.31. The molecule has 0 saturated carbocycles. The van der Waals surface area contributed by atoms with Crippen molar-refractivity contribution < 1.29 is 14.3 Å². The molecule has 0 spiro atoms. The van der Waals surface area contributed by atoms with Gasteiger partial charge >= 0.3 is 6.09 Å². The molecule has 1 unspecified atom stereocenters. The van der Waals surface area contributed by atoms with Crippen LogP contribution in [-0.2, 0) is 9.53 Å². The number of amides is 2. The minimum absolute atomic E-state index is 0. The molecular weight excluding hydrogens is 521 g/mol. The Bertz CT molecular complexity index is 587. The van der Waals surface area contributed by atoms with Gasteiger partial charge < -0.3 is 25.2 Å². The van der Waals surface area contributed by atoms with Crippen LogP contribution in [0.3, 0.4) is 0 Å². The van der Waals surface area contributed by atoms with Crippen LogP contribution < -0.4 is 10.6 Å². The van der Waals surface area contributed by atoms with E-state index in [1.807, 2.05) is 34.6 Å². The SMILES string of the molecule is CCNC(=NCCC(=O)NC(C)CC)N1CCC(CN(CC)C(=O)OC(C)(C)C)CC1.I. The number of hydrogen-bond acceptors (Lipinski definition) is 4. The van der Waals surface area contributed by atoms with Gasteiger partial charge in [0.1, 0.15) is 5.60 Å². The third-order valence-corrected chi connectivity index (χ3v) is 5.38. The number of guanidine groups is 1. The Morgan fingerprint density at radius 2 is 1.81 bits per heavy atom. The van der Waals surface area contributed by atoms with Crippen molar-refractivity contribution in [2.45, 2.75) is 85.8 Å². The summed E-state index contributed by atoms with van der Waals surface area (Å²) in [7, 11) is 0. The van der Waals surface area contributed by atoms with Gasteiger partial charge in [-0.3, -0.25) is 9.79 Å². The quantitative estimate of drug-likeness (QED) is 0.251. The smallest absolute Gasteiger partial charge is 0.410 e. The molecule has 1 saturated heterocycles. The summed E-state index contributed by atoms with van der Waals surface area (Å²) >= 11 is 0. The predicted molar refractivity (Wildman–Crippen MR) is 142 cm³/mol. The first kappa shape index (κ1) is 30.7. The molecule has 2 amide bonds. The van der Waals surface area contributed by atoms with Gasteiger partial charge in [0, 0.05) is 45.2 Å². The topological polar surface area (TPSA) is 86.3 Å². The number of rotatable bonds is 9. The number of piperidine rings is 1. The number of hydrogen-bond donors (Lipinski definition) is 2. The molecule has 1 aliphatic heterocycles. The highest BCUT2D eigenvalue weighted by Gasteiger charge is 2.27. The maximum absolute atomic E-state index is 12.4. The van der Waals surface area contributed by atoms with Gasteiger partial charge in [-0.2, -0.15) is 0 Å². The van der Waals surface area contributed by atoms with Gasteiger partial charge in [-0.15, -0.1) is 24.0 Å². The molecule has 1 heterocycles. The van der Waals surface area contributed by atoms with Crippen molar-refractivity contribution in [3.63, 3.8) is 0 Å². The van der Waals surface area contributed by atoms with E-state index in [1.165, 1.54) is 0 Å². The molecule has 1 atom stereocenters. The van der Waals surface area contributed by atoms with E-state index in [0.29, 0.717) is 25.4 Å². The lowest BCUT2D eigenvalue weighted by Gasteiger charge is -2.36. The second kappa shape index (κ2) is 15.6. The highest BCUT2D eigenvalue weighted by atomic mass is 127. The van der Waals surface area contributed by atoms with Crippen molar-refractivity contribution in [2.24, 2.45) is 10.9 Å². The molecule has 0 aromatic rings. The van der Waals surface area contributed by atoms with Crippen molar-refractivity contribution in [3.05, 3.63) is 0 Å². The minimum Gasteiger partial charge on any atom is -0.444 e. The average molecular weight is 568 g/mol. The number of carbonyl (C=O) groups is 2. The Morgan fingerprint density at radius 3 is 2.31 bits per heavy atom. The zero-order chi connectivity index (χ0) is 23.4. The maximum atomic E-state index is 12.4. The van der Waals surface area contributed by atoms with Gasteiger partial charge in [0.05, 0.1) is 6.54 Å². The van der Waals surface area contributed by atoms with E-state index in [9.17, 15) is 9.59 Å². The van der Waals surface area contributed by atoms with Crippen LogP contribution in [0, 0.1) is 5.92 Å². The van der Waals surface area contributed by atoms with E-state index in [-0.39, 0.29) is 42.0 Å². The summed E-state index contributed by atoms with van der Waals surface area (Å²) in [5, 5.41) is 6.33. The fourth-order valence-electron chi connectivity index (χ4n) is 3.44. The zero-order valence-electron chi connectivity index (χ0n) is 21.2. The number of ether oxygens (including phenoxy) is 1. The first-order valence-corrected chi connectivity index (χ1v) is 11.9. The second-order valence-electron chi connectivity index (χ2n) is 9.31. The lowest BCUT2D eigenvalue weighted by molar-refractivity contribution is -0.121. The Balaban J connectivity index is 0.00000961. The first-order chi connectivity index (χ1) is 14.6. The summed E-state index contributed by atoms with van der Waals surface area (Å²) in [5.41, 5.74) is -0.476. The van der Waals surface area contributed by atoms with Gasteiger partial charge in [-0.05, 0) is 66.7 Å². The molecule has 0 radical (unpaired) electrons. The summed E-state index contributed by atoms with van der Waals surface area (Å²) in [4.78, 5) is 33.1. The third-order valence-electron chi connectivity index (χ3n) is 5.38. The highest BCUT2D eigenvalue weighted by molar-refractivity contribution is 14.0. The number of aliphatic imine (C=N–C) groups is 1. The molecule has 1 rings (SSSR count). The van der Waals surface area contributed by atoms with Crippen LogP contribution in [0.25, 0.3) is 0 Å². The van der Waals surface area contributed by atoms with E-state index in [1.54, 1.807) is 4.90 Å². The number of carbonyl (C=O) groups excluding carboxylic acids is 2. The van der Waals surface area contributed by atoms with E-state index in [4.69, 9.17) is 4.74 Å². The van der Waals surface area contributed by atoms with Crippen molar-refractivity contribution >= 4 is 41.9 Å². The predicted octanol–water partition coefficient (Wildman–Crippen LogP) is 3.84. The molecule has 188 valence electrons. The lowest BCUT2D eigenvalue weighted by Crippen LogP contribution is -2.48. The molecule has 32 heavy (non-hydrogen) atoms. The largest absolute Gasteiger partial charge is 0.444 e. The third kappa shape index (κ3) is 12.1. The Labute approximate surface area is 212 Å². The van der Waals surface area contributed by atoms with Gasteiger partial charge in [0.15, 0.2) is 5.96 Å². The van der Waals surface area contributed by atoms with Crippen LogP contribution in [-0.4, -0.2) is 78.7 Å². The van der Waals surface area contributed by atoms with E-state index < -0.39 is 5.60 Å². The van der Waals surface area contributed by atoms with Crippen LogP contribution in [0.15, 0.2) is 4.99 Å². The van der Waals surface area contributed by atoms with Crippen LogP contribution >= 0.6 is 24.0 Å². The Kier molecular flexibility index (Phi) is 14.9. The highest BCUT2D eigenvalue weighted by Crippen LogP contribution is 2.20. The minimum atomic E-state index is -0.476. The van der Waals surface area contributed by atoms with Gasteiger partial charge in [0.2, 0.25) is 5.91 Å². The van der Waals surface area contributed by atoms with Crippen LogP contribution in [0.4, 0.5) is 4.79 Å². The molecule has 0 bridgehead atoms. The summed E-state index contributed by atoms with van der Waals surface area (Å²) < 4.78 is 5.53. The first-order valence-electron chi connectivity index (χ1n) is 11.9. The van der Waals surface area contributed by atoms with Gasteiger partial charge in [0.25, 0.3) is 0 Å². The van der Waals surface area contributed by atoms with Gasteiger partial charge in [-0.25, -0.2) is 4.79 Å². The van der Waals surface area contributed by atoms with E-state index in [0.717, 1.165) is 51.4 Å². The van der Waals surface area contributed by atoms with Crippen molar-refractivity contribution in [1.29, 1.82) is 0 Å². The number of halogens is 1. The zero-order valence-corrected chi connectivity index (χ0v) is 23.5. The molecule has 1 aliphatic rings. The summed E-state index contributed by atoms with van der Waals surface area (Å²) in [6.45, 7) is 18.2. The van der Waals surface area contributed by atoms with Crippen LogP contribution in [0.5, 0.6) is 0 Å². The van der Waals surface area contributed by atoms with Crippen molar-refractivity contribution in [2.75, 3.05) is 39.3 Å². The molecule has 1 fully saturated rings. The van der Waals surface area contributed by atoms with Crippen LogP contribution in [0.1, 0.15) is 74.1 Å². The van der Waals surface area contributed by atoms with Crippen LogP contribution in [0.2, 0.25) is 0 Å². The summed E-state index contributed by atoms with van der Waals surface area (Å²) in [5.74, 6) is 1.37. The number of likely N-dealkylation sites (tertiary alicyclic amines) is 1. The molecule has 2 N–H and O–H groups in total. The molecule has 0 aromatic heterocycles. The fraction of sp³-hybridized carbons (Fsp3) is 0.870. The molecule has 0 aromatic carbocycles. The molecule has 9 heteroatoms. The number of nitrogens with one attached hydrogen (secondary N) is 2. The summed E-state index contributed by atoms with van der Waals surface area (Å²) in [6.07, 6.45) is 3.09.